The predicted molar refractivity (Wildman–Crippen MR) is 147 cm³/mol. The zero-order valence-corrected chi connectivity index (χ0v) is 22.4. The maximum Gasteiger partial charge on any atom is 0.354 e. The minimum Gasteiger partial charge on any atom is -0.477 e. The monoisotopic (exact) mass is 514 g/mol. The number of tetrazole rings is 1. The van der Waals surface area contributed by atoms with E-state index in [0.29, 0.717) is 36.6 Å². The van der Waals surface area contributed by atoms with Crippen LogP contribution in [0.25, 0.3) is 22.5 Å². The Labute approximate surface area is 224 Å². The molecule has 5 rings (SSSR count). The van der Waals surface area contributed by atoms with Crippen molar-refractivity contribution in [2.75, 3.05) is 13.2 Å². The lowest BCUT2D eigenvalue weighted by atomic mass is 9.89. The lowest BCUT2D eigenvalue weighted by Gasteiger charge is -2.29. The first-order chi connectivity index (χ1) is 18.5. The Hall–Kier alpha value is -3.68. The van der Waals surface area contributed by atoms with Crippen LogP contribution in [0.2, 0.25) is 0 Å². The normalized spacial score (nSPS) is 16.6. The van der Waals surface area contributed by atoms with Gasteiger partial charge in [-0.25, -0.2) is 9.89 Å². The number of rotatable bonds is 10. The van der Waals surface area contributed by atoms with Crippen molar-refractivity contribution < 1.29 is 9.90 Å². The number of carboxylic acids is 1. The SMILES string of the molecule is CC(C)CCC1=C(C(=O)O)N(CC2CCCCC2)CN1Cc1ccc(-c2ccccc2-c2nnn[nH]2)cc1. The van der Waals surface area contributed by atoms with Crippen LogP contribution in [0.5, 0.6) is 0 Å². The fraction of sp³-hybridized carbons (Fsp3) is 0.467. The topological polar surface area (TPSA) is 98.2 Å². The molecule has 200 valence electrons. The summed E-state index contributed by atoms with van der Waals surface area (Å²) >= 11 is 0. The molecule has 2 aromatic carbocycles. The molecule has 3 aromatic rings. The third-order valence-electron chi connectivity index (χ3n) is 7.84. The molecule has 0 atom stereocenters. The summed E-state index contributed by atoms with van der Waals surface area (Å²) in [6.45, 7) is 6.58. The molecule has 0 bridgehead atoms. The average molecular weight is 515 g/mol. The van der Waals surface area contributed by atoms with E-state index in [1.54, 1.807) is 0 Å². The van der Waals surface area contributed by atoms with E-state index >= 15 is 0 Å². The van der Waals surface area contributed by atoms with E-state index in [1.165, 1.54) is 37.7 Å². The number of carboxylic acid groups (broad SMARTS) is 1. The number of nitrogens with one attached hydrogen (secondary N) is 1. The van der Waals surface area contributed by atoms with Crippen LogP contribution in [0.15, 0.2) is 59.9 Å². The molecule has 1 fully saturated rings. The first-order valence-electron chi connectivity index (χ1n) is 13.9. The standard InChI is InChI=1S/C30H38N6O2/c1-21(2)12-17-27-28(30(37)38)36(19-22-8-4-3-5-9-22)20-35(27)18-23-13-15-24(16-14-23)25-10-6-7-11-26(25)29-31-33-34-32-29/h6-7,10-11,13-16,21-22H,3-5,8-9,12,17-20H2,1-2H3,(H,37,38)(H,31,32,33,34). The molecule has 1 saturated carbocycles. The molecule has 0 radical (unpaired) electrons. The highest BCUT2D eigenvalue weighted by Crippen LogP contribution is 2.34. The zero-order valence-electron chi connectivity index (χ0n) is 22.4. The van der Waals surface area contributed by atoms with Gasteiger partial charge in [-0.3, -0.25) is 0 Å². The summed E-state index contributed by atoms with van der Waals surface area (Å²) in [4.78, 5) is 16.9. The summed E-state index contributed by atoms with van der Waals surface area (Å²) in [5.41, 5.74) is 5.76. The Morgan fingerprint density at radius 1 is 1.03 bits per heavy atom. The van der Waals surface area contributed by atoms with Crippen molar-refractivity contribution in [1.29, 1.82) is 0 Å². The summed E-state index contributed by atoms with van der Waals surface area (Å²) in [6.07, 6.45) is 8.01. The lowest BCUT2D eigenvalue weighted by molar-refractivity contribution is -0.134. The third-order valence-corrected chi connectivity index (χ3v) is 7.84. The Balaban J connectivity index is 1.37. The van der Waals surface area contributed by atoms with Gasteiger partial charge in [-0.1, -0.05) is 81.6 Å². The number of aromatic amines is 1. The molecule has 1 aliphatic carbocycles. The largest absolute Gasteiger partial charge is 0.477 e. The number of aliphatic carboxylic acids is 1. The van der Waals surface area contributed by atoms with Crippen molar-refractivity contribution in [1.82, 2.24) is 30.4 Å². The Bertz CT molecular complexity index is 1250. The summed E-state index contributed by atoms with van der Waals surface area (Å²) in [7, 11) is 0. The summed E-state index contributed by atoms with van der Waals surface area (Å²) in [6, 6.07) is 16.6. The summed E-state index contributed by atoms with van der Waals surface area (Å²) < 4.78 is 0. The number of nitrogens with zero attached hydrogens (tertiary/aromatic N) is 5. The third kappa shape index (κ3) is 5.90. The van der Waals surface area contributed by atoms with Crippen LogP contribution in [0.4, 0.5) is 0 Å². The second-order valence-corrected chi connectivity index (χ2v) is 11.1. The van der Waals surface area contributed by atoms with E-state index in [2.05, 4.69) is 74.6 Å². The molecule has 0 amide bonds. The van der Waals surface area contributed by atoms with Crippen LogP contribution >= 0.6 is 0 Å². The number of hydrogen-bond donors (Lipinski definition) is 2. The number of aromatic nitrogens is 4. The minimum absolute atomic E-state index is 0.516. The maximum atomic E-state index is 12.5. The van der Waals surface area contributed by atoms with E-state index in [-0.39, 0.29) is 0 Å². The number of carbonyl (C=O) groups is 1. The van der Waals surface area contributed by atoms with Crippen LogP contribution in [0.3, 0.4) is 0 Å². The van der Waals surface area contributed by atoms with Crippen LogP contribution < -0.4 is 0 Å². The maximum absolute atomic E-state index is 12.5. The van der Waals surface area contributed by atoms with Gasteiger partial charge in [-0.15, -0.1) is 5.10 Å². The molecular formula is C30H38N6O2. The zero-order chi connectivity index (χ0) is 26.5. The summed E-state index contributed by atoms with van der Waals surface area (Å²) in [5.74, 6) is 0.950. The summed E-state index contributed by atoms with van der Waals surface area (Å²) in [5, 5.41) is 24.6. The van der Waals surface area contributed by atoms with Gasteiger partial charge in [-0.2, -0.15) is 0 Å². The van der Waals surface area contributed by atoms with Gasteiger partial charge >= 0.3 is 5.97 Å². The van der Waals surface area contributed by atoms with Crippen molar-refractivity contribution in [3.8, 4) is 22.5 Å². The number of benzene rings is 2. The highest BCUT2D eigenvalue weighted by Gasteiger charge is 2.34. The molecular weight excluding hydrogens is 476 g/mol. The molecule has 2 aliphatic rings. The van der Waals surface area contributed by atoms with Crippen molar-refractivity contribution in [2.45, 2.75) is 65.3 Å². The molecule has 1 aromatic heterocycles. The molecule has 8 nitrogen and oxygen atoms in total. The highest BCUT2D eigenvalue weighted by molar-refractivity contribution is 5.87. The van der Waals surface area contributed by atoms with Gasteiger partial charge in [0.15, 0.2) is 5.82 Å². The molecule has 0 spiro atoms. The van der Waals surface area contributed by atoms with Crippen molar-refractivity contribution >= 4 is 5.97 Å². The first kappa shape index (κ1) is 25.9. The first-order valence-corrected chi connectivity index (χ1v) is 13.9. The lowest BCUT2D eigenvalue weighted by Crippen LogP contribution is -2.34. The second kappa shape index (κ2) is 11.8. The van der Waals surface area contributed by atoms with E-state index in [9.17, 15) is 9.90 Å². The van der Waals surface area contributed by atoms with Gasteiger partial charge in [0, 0.05) is 24.4 Å². The van der Waals surface area contributed by atoms with Gasteiger partial charge < -0.3 is 14.9 Å². The van der Waals surface area contributed by atoms with E-state index in [1.807, 2.05) is 18.2 Å². The van der Waals surface area contributed by atoms with Crippen molar-refractivity contribution in [3.63, 3.8) is 0 Å². The fourth-order valence-corrected chi connectivity index (χ4v) is 5.86. The molecule has 8 heteroatoms. The van der Waals surface area contributed by atoms with Crippen LogP contribution in [-0.2, 0) is 11.3 Å². The van der Waals surface area contributed by atoms with E-state index in [0.717, 1.165) is 41.8 Å². The Kier molecular flexibility index (Phi) is 8.05. The second-order valence-electron chi connectivity index (χ2n) is 11.1. The number of H-pyrrole nitrogens is 1. The van der Waals surface area contributed by atoms with Gasteiger partial charge in [0.25, 0.3) is 0 Å². The molecule has 0 unspecified atom stereocenters. The van der Waals surface area contributed by atoms with Crippen LogP contribution in [0, 0.1) is 11.8 Å². The van der Waals surface area contributed by atoms with Gasteiger partial charge in [0.05, 0.1) is 6.67 Å². The van der Waals surface area contributed by atoms with Gasteiger partial charge in [0.1, 0.15) is 5.70 Å². The molecule has 1 aliphatic heterocycles. The van der Waals surface area contributed by atoms with Crippen LogP contribution in [-0.4, -0.2) is 54.7 Å². The van der Waals surface area contributed by atoms with Crippen LogP contribution in [0.1, 0.15) is 64.4 Å². The van der Waals surface area contributed by atoms with Crippen molar-refractivity contribution in [2.24, 2.45) is 11.8 Å². The van der Waals surface area contributed by atoms with Crippen molar-refractivity contribution in [3.05, 3.63) is 65.5 Å². The van der Waals surface area contributed by atoms with E-state index in [4.69, 9.17) is 0 Å². The van der Waals surface area contributed by atoms with E-state index < -0.39 is 5.97 Å². The minimum atomic E-state index is -0.795. The smallest absolute Gasteiger partial charge is 0.354 e. The number of hydrogen-bond acceptors (Lipinski definition) is 6. The molecule has 0 saturated heterocycles. The Morgan fingerprint density at radius 2 is 1.76 bits per heavy atom. The van der Waals surface area contributed by atoms with Gasteiger partial charge in [0.2, 0.25) is 0 Å². The Morgan fingerprint density at radius 3 is 2.42 bits per heavy atom. The molecule has 38 heavy (non-hydrogen) atoms. The van der Waals surface area contributed by atoms with Gasteiger partial charge in [-0.05, 0) is 64.6 Å². The number of allylic oxidation sites excluding steroid dienone is 1. The molecule has 2 heterocycles. The highest BCUT2D eigenvalue weighted by atomic mass is 16.4. The fourth-order valence-electron chi connectivity index (χ4n) is 5.86. The molecule has 2 N–H and O–H groups in total. The average Bonchev–Trinajstić information content (AvgIpc) is 3.57. The predicted octanol–water partition coefficient (Wildman–Crippen LogP) is 5.92. The quantitative estimate of drug-likeness (QED) is 0.346.